The molecule has 0 aliphatic heterocycles. The van der Waals surface area contributed by atoms with Gasteiger partial charge in [-0.25, -0.2) is 0 Å². The van der Waals surface area contributed by atoms with Crippen molar-refractivity contribution in [3.8, 4) is 0 Å². The van der Waals surface area contributed by atoms with Crippen LogP contribution < -0.4 is 5.32 Å². The molecule has 2 N–H and O–H groups in total. The molecule has 0 aromatic carbocycles. The molecular formula is C18H34N2O. The third-order valence-corrected chi connectivity index (χ3v) is 7.03. The highest BCUT2D eigenvalue weighted by Gasteiger charge is 2.42. The largest absolute Gasteiger partial charge is 0.394 e. The molecule has 5 unspecified atom stereocenters. The second-order valence-electron chi connectivity index (χ2n) is 8.14. The van der Waals surface area contributed by atoms with Crippen LogP contribution in [0.25, 0.3) is 0 Å². The van der Waals surface area contributed by atoms with E-state index in [2.05, 4.69) is 17.3 Å². The van der Waals surface area contributed by atoms with Gasteiger partial charge in [-0.3, -0.25) is 0 Å². The lowest BCUT2D eigenvalue weighted by atomic mass is 9.85. The van der Waals surface area contributed by atoms with Gasteiger partial charge in [-0.05, 0) is 82.8 Å². The minimum atomic E-state index is 0.00721. The molecule has 3 fully saturated rings. The summed E-state index contributed by atoms with van der Waals surface area (Å²) in [5.74, 6) is 3.73. The molecule has 3 rings (SSSR count). The van der Waals surface area contributed by atoms with Crippen molar-refractivity contribution in [1.82, 2.24) is 10.2 Å². The Hall–Kier alpha value is -0.120. The number of aliphatic hydroxyl groups excluding tert-OH is 1. The molecule has 0 heterocycles. The summed E-state index contributed by atoms with van der Waals surface area (Å²) >= 11 is 0. The fourth-order valence-corrected chi connectivity index (χ4v) is 5.65. The monoisotopic (exact) mass is 294 g/mol. The van der Waals surface area contributed by atoms with Gasteiger partial charge in [0.25, 0.3) is 0 Å². The summed E-state index contributed by atoms with van der Waals surface area (Å²) in [6.45, 7) is 2.80. The van der Waals surface area contributed by atoms with E-state index < -0.39 is 0 Å². The van der Waals surface area contributed by atoms with E-state index in [1.807, 2.05) is 7.05 Å². The van der Waals surface area contributed by atoms with Gasteiger partial charge in [0, 0.05) is 12.1 Å². The number of aliphatic hydroxyl groups is 1. The minimum absolute atomic E-state index is 0.00721. The van der Waals surface area contributed by atoms with Crippen LogP contribution in [0, 0.1) is 23.7 Å². The molecule has 3 heteroatoms. The van der Waals surface area contributed by atoms with Crippen molar-refractivity contribution in [2.24, 2.45) is 23.7 Å². The highest BCUT2D eigenvalue weighted by atomic mass is 16.3. The molecule has 3 saturated carbocycles. The lowest BCUT2D eigenvalue weighted by Crippen LogP contribution is -2.50. The average molecular weight is 294 g/mol. The number of nitrogens with zero attached hydrogens (tertiary/aromatic N) is 1. The molecule has 21 heavy (non-hydrogen) atoms. The maximum absolute atomic E-state index is 9.78. The van der Waals surface area contributed by atoms with Crippen molar-refractivity contribution in [1.29, 1.82) is 0 Å². The zero-order chi connectivity index (χ0) is 14.9. The van der Waals surface area contributed by atoms with Gasteiger partial charge < -0.3 is 15.3 Å². The molecule has 0 radical (unpaired) electrons. The fraction of sp³-hybridized carbons (Fsp3) is 1.00. The van der Waals surface area contributed by atoms with E-state index in [4.69, 9.17) is 0 Å². The van der Waals surface area contributed by atoms with Crippen LogP contribution in [0.2, 0.25) is 0 Å². The summed E-state index contributed by atoms with van der Waals surface area (Å²) in [4.78, 5) is 2.57. The van der Waals surface area contributed by atoms with E-state index in [1.54, 1.807) is 0 Å². The zero-order valence-electron chi connectivity index (χ0n) is 14.0. The van der Waals surface area contributed by atoms with Crippen molar-refractivity contribution < 1.29 is 5.11 Å². The molecule has 0 aromatic heterocycles. The minimum Gasteiger partial charge on any atom is -0.394 e. The van der Waals surface area contributed by atoms with Crippen LogP contribution in [0.1, 0.15) is 51.4 Å². The molecule has 3 aliphatic rings. The van der Waals surface area contributed by atoms with Crippen LogP contribution in [0.15, 0.2) is 0 Å². The maximum Gasteiger partial charge on any atom is 0.0615 e. The molecule has 3 aliphatic carbocycles. The van der Waals surface area contributed by atoms with Crippen molar-refractivity contribution in [3.63, 3.8) is 0 Å². The predicted octanol–water partition coefficient (Wildman–Crippen LogP) is 2.50. The lowest BCUT2D eigenvalue weighted by Gasteiger charge is -2.35. The van der Waals surface area contributed by atoms with E-state index in [9.17, 15) is 5.11 Å². The van der Waals surface area contributed by atoms with Crippen LogP contribution in [-0.4, -0.2) is 49.3 Å². The van der Waals surface area contributed by atoms with Crippen LogP contribution in [0.3, 0.4) is 0 Å². The Morgan fingerprint density at radius 3 is 2.71 bits per heavy atom. The van der Waals surface area contributed by atoms with Gasteiger partial charge in [-0.15, -0.1) is 0 Å². The second kappa shape index (κ2) is 6.55. The van der Waals surface area contributed by atoms with Gasteiger partial charge >= 0.3 is 0 Å². The molecular weight excluding hydrogens is 260 g/mol. The Bertz CT molecular complexity index is 342. The Kier molecular flexibility index (Phi) is 4.92. The number of nitrogens with one attached hydrogen (secondary N) is 1. The smallest absolute Gasteiger partial charge is 0.0615 e. The van der Waals surface area contributed by atoms with Crippen LogP contribution in [0.5, 0.6) is 0 Å². The highest BCUT2D eigenvalue weighted by Crippen LogP contribution is 2.48. The van der Waals surface area contributed by atoms with Gasteiger partial charge in [0.2, 0.25) is 0 Å². The third-order valence-electron chi connectivity index (χ3n) is 7.03. The fourth-order valence-electron chi connectivity index (χ4n) is 5.65. The summed E-state index contributed by atoms with van der Waals surface area (Å²) in [7, 11) is 4.33. The van der Waals surface area contributed by atoms with Crippen molar-refractivity contribution in [2.75, 3.05) is 33.8 Å². The van der Waals surface area contributed by atoms with Crippen molar-refractivity contribution in [2.45, 2.75) is 56.9 Å². The van der Waals surface area contributed by atoms with E-state index >= 15 is 0 Å². The number of rotatable bonds is 7. The van der Waals surface area contributed by atoms with Crippen LogP contribution in [-0.2, 0) is 0 Å². The van der Waals surface area contributed by atoms with Gasteiger partial charge in [-0.2, -0.15) is 0 Å². The number of hydrogen-bond donors (Lipinski definition) is 2. The van der Waals surface area contributed by atoms with E-state index in [1.165, 1.54) is 58.0 Å². The predicted molar refractivity (Wildman–Crippen MR) is 87.3 cm³/mol. The summed E-state index contributed by atoms with van der Waals surface area (Å²) < 4.78 is 0. The molecule has 0 spiro atoms. The molecule has 2 bridgehead atoms. The van der Waals surface area contributed by atoms with E-state index in [0.29, 0.717) is 12.5 Å². The maximum atomic E-state index is 9.78. The summed E-state index contributed by atoms with van der Waals surface area (Å²) in [5, 5.41) is 13.2. The standard InChI is InChI=1S/C18H34N2O/c1-19-18(13-21)8-3-4-17(18)7-9-20(2)12-16-11-14-5-6-15(16)10-14/h14-17,19,21H,3-13H2,1-2H3. The molecule has 0 amide bonds. The molecule has 122 valence electrons. The Morgan fingerprint density at radius 1 is 1.24 bits per heavy atom. The van der Waals surface area contributed by atoms with Gasteiger partial charge in [0.1, 0.15) is 0 Å². The first-order valence-electron chi connectivity index (χ1n) is 9.15. The van der Waals surface area contributed by atoms with Crippen molar-refractivity contribution >= 4 is 0 Å². The molecule has 0 aromatic rings. The Labute approximate surface area is 130 Å². The van der Waals surface area contributed by atoms with E-state index in [0.717, 1.165) is 24.2 Å². The number of hydrogen-bond acceptors (Lipinski definition) is 3. The second-order valence-corrected chi connectivity index (χ2v) is 8.14. The summed E-state index contributed by atoms with van der Waals surface area (Å²) in [6, 6.07) is 0. The van der Waals surface area contributed by atoms with Crippen LogP contribution in [0.4, 0.5) is 0 Å². The lowest BCUT2D eigenvalue weighted by molar-refractivity contribution is 0.117. The Balaban J connectivity index is 1.44. The third kappa shape index (κ3) is 3.16. The summed E-state index contributed by atoms with van der Waals surface area (Å²) in [5.41, 5.74) is 0.00721. The molecule has 0 saturated heterocycles. The highest BCUT2D eigenvalue weighted by molar-refractivity contribution is 4.98. The Morgan fingerprint density at radius 2 is 2.10 bits per heavy atom. The normalized spacial score (nSPS) is 42.3. The van der Waals surface area contributed by atoms with Gasteiger partial charge in [-0.1, -0.05) is 12.8 Å². The first kappa shape index (κ1) is 15.8. The summed E-state index contributed by atoms with van der Waals surface area (Å²) in [6.07, 6.45) is 10.9. The number of likely N-dealkylation sites (N-methyl/N-ethyl adjacent to an activating group) is 1. The SMILES string of the molecule is CNC1(CO)CCCC1CCN(C)CC1CC2CCC1C2. The first-order valence-corrected chi connectivity index (χ1v) is 9.15. The van der Waals surface area contributed by atoms with Gasteiger partial charge in [0.05, 0.1) is 6.61 Å². The average Bonchev–Trinajstić information content (AvgIpc) is 3.20. The van der Waals surface area contributed by atoms with E-state index in [-0.39, 0.29) is 5.54 Å². The first-order chi connectivity index (χ1) is 10.2. The zero-order valence-corrected chi connectivity index (χ0v) is 14.0. The topological polar surface area (TPSA) is 35.5 Å². The molecule has 3 nitrogen and oxygen atoms in total. The quantitative estimate of drug-likeness (QED) is 0.757. The van der Waals surface area contributed by atoms with Crippen LogP contribution >= 0.6 is 0 Å². The van der Waals surface area contributed by atoms with Crippen molar-refractivity contribution in [3.05, 3.63) is 0 Å². The van der Waals surface area contributed by atoms with Gasteiger partial charge in [0.15, 0.2) is 0 Å². The molecule has 5 atom stereocenters. The number of fused-ring (bicyclic) bond motifs is 2.